The van der Waals surface area contributed by atoms with Crippen LogP contribution in [0.3, 0.4) is 0 Å². The fourth-order valence-corrected chi connectivity index (χ4v) is 4.74. The number of hydrogen-bond donors (Lipinski definition) is 2. The van der Waals surface area contributed by atoms with Crippen molar-refractivity contribution in [1.82, 2.24) is 10.2 Å². The zero-order valence-electron chi connectivity index (χ0n) is 14.7. The van der Waals surface area contributed by atoms with E-state index in [0.717, 1.165) is 30.1 Å². The fourth-order valence-electron chi connectivity index (χ4n) is 4.33. The Morgan fingerprint density at radius 2 is 1.65 bits per heavy atom. The van der Waals surface area contributed by atoms with Gasteiger partial charge in [-0.15, -0.1) is 0 Å². The van der Waals surface area contributed by atoms with Crippen molar-refractivity contribution in [2.75, 3.05) is 5.32 Å². The first-order chi connectivity index (χ1) is 12.7. The summed E-state index contributed by atoms with van der Waals surface area (Å²) in [6.45, 7) is 1.07. The van der Waals surface area contributed by atoms with Crippen LogP contribution < -0.4 is 10.6 Å². The zero-order valence-corrected chi connectivity index (χ0v) is 16.3. The van der Waals surface area contributed by atoms with Crippen molar-refractivity contribution in [2.45, 2.75) is 50.4 Å². The van der Waals surface area contributed by atoms with Gasteiger partial charge in [-0.3, -0.25) is 4.90 Å². The zero-order chi connectivity index (χ0) is 17.9. The van der Waals surface area contributed by atoms with Crippen LogP contribution in [0.4, 0.5) is 5.69 Å². The average Bonchev–Trinajstić information content (AvgIpc) is 2.87. The molecular weight excluding hydrogens is 362 g/mol. The summed E-state index contributed by atoms with van der Waals surface area (Å²) in [7, 11) is 0. The summed E-state index contributed by atoms with van der Waals surface area (Å²) in [4.78, 5) is 2.70. The first kappa shape index (κ1) is 17.8. The number of nitrogens with one attached hydrogen (secondary N) is 2. The van der Waals surface area contributed by atoms with E-state index in [-0.39, 0.29) is 0 Å². The summed E-state index contributed by atoms with van der Waals surface area (Å²) in [6, 6.07) is 20.2. The highest BCUT2D eigenvalue weighted by atomic mass is 35.5. The third-order valence-electron chi connectivity index (χ3n) is 5.53. The fraction of sp³-hybridized carbons (Fsp3) is 0.381. The van der Waals surface area contributed by atoms with Crippen LogP contribution in [0.25, 0.3) is 0 Å². The lowest BCUT2D eigenvalue weighted by Crippen LogP contribution is -2.50. The van der Waals surface area contributed by atoms with E-state index in [2.05, 4.69) is 45.9 Å². The van der Waals surface area contributed by atoms with Gasteiger partial charge in [-0.05, 0) is 67.7 Å². The lowest BCUT2D eigenvalue weighted by atomic mass is 9.96. The van der Waals surface area contributed by atoms with Crippen LogP contribution in [0.1, 0.15) is 31.2 Å². The largest absolute Gasteiger partial charge is 0.360 e. The van der Waals surface area contributed by atoms with Crippen LogP contribution in [0, 0.1) is 0 Å². The summed E-state index contributed by atoms with van der Waals surface area (Å²) in [6.07, 6.45) is 4.91. The molecule has 2 bridgehead atoms. The first-order valence-electron chi connectivity index (χ1n) is 9.30. The molecule has 0 aromatic heterocycles. The topological polar surface area (TPSA) is 27.3 Å². The molecule has 2 saturated heterocycles. The molecule has 2 aromatic carbocycles. The van der Waals surface area contributed by atoms with Crippen LogP contribution in [-0.2, 0) is 6.54 Å². The summed E-state index contributed by atoms with van der Waals surface area (Å²) in [5.74, 6) is 0. The Hall–Kier alpha value is -1.62. The maximum absolute atomic E-state index is 5.93. The molecule has 2 heterocycles. The SMILES string of the molecule is S=C(Nc1ccc(Cl)cc1)NC1C[C@H]2CC[C@H](C1)N2Cc1ccccc1. The molecule has 2 atom stereocenters. The molecule has 2 aromatic rings. The molecule has 2 fully saturated rings. The predicted molar refractivity (Wildman–Crippen MR) is 113 cm³/mol. The maximum atomic E-state index is 5.93. The molecule has 136 valence electrons. The molecule has 0 spiro atoms. The van der Waals surface area contributed by atoms with Gasteiger partial charge in [-0.2, -0.15) is 0 Å². The summed E-state index contributed by atoms with van der Waals surface area (Å²) < 4.78 is 0. The number of anilines is 1. The molecule has 2 aliphatic rings. The van der Waals surface area contributed by atoms with Gasteiger partial charge in [0.2, 0.25) is 0 Å². The number of piperidine rings is 1. The van der Waals surface area contributed by atoms with Crippen molar-refractivity contribution < 1.29 is 0 Å². The second-order valence-electron chi connectivity index (χ2n) is 7.32. The van der Waals surface area contributed by atoms with E-state index in [4.69, 9.17) is 23.8 Å². The van der Waals surface area contributed by atoms with E-state index in [1.165, 1.54) is 18.4 Å². The van der Waals surface area contributed by atoms with Gasteiger partial charge in [0, 0.05) is 35.4 Å². The molecule has 3 nitrogen and oxygen atoms in total. The predicted octanol–water partition coefficient (Wildman–Crippen LogP) is 4.82. The van der Waals surface area contributed by atoms with E-state index in [0.29, 0.717) is 23.2 Å². The van der Waals surface area contributed by atoms with Crippen LogP contribution in [0.15, 0.2) is 54.6 Å². The monoisotopic (exact) mass is 385 g/mol. The van der Waals surface area contributed by atoms with Crippen LogP contribution in [0.5, 0.6) is 0 Å². The Morgan fingerprint density at radius 3 is 2.31 bits per heavy atom. The van der Waals surface area contributed by atoms with Crippen LogP contribution >= 0.6 is 23.8 Å². The maximum Gasteiger partial charge on any atom is 0.170 e. The Bertz CT molecular complexity index is 736. The number of hydrogen-bond acceptors (Lipinski definition) is 2. The molecule has 0 saturated carbocycles. The number of halogens is 1. The van der Waals surface area contributed by atoms with Gasteiger partial charge < -0.3 is 10.6 Å². The van der Waals surface area contributed by atoms with Gasteiger partial charge in [0.25, 0.3) is 0 Å². The highest BCUT2D eigenvalue weighted by molar-refractivity contribution is 7.80. The first-order valence-corrected chi connectivity index (χ1v) is 10.1. The highest BCUT2D eigenvalue weighted by Gasteiger charge is 2.40. The standard InChI is InChI=1S/C21H24ClN3S/c22-16-6-8-17(9-7-16)23-21(26)24-18-12-19-10-11-20(13-18)25(19)14-15-4-2-1-3-5-15/h1-9,18-20H,10-14H2,(H2,23,24,26)/t19-,20-/m1/s1. The lowest BCUT2D eigenvalue weighted by Gasteiger charge is -2.39. The van der Waals surface area contributed by atoms with E-state index < -0.39 is 0 Å². The Labute approximate surface area is 165 Å². The Balaban J connectivity index is 1.32. The second-order valence-corrected chi connectivity index (χ2v) is 8.16. The van der Waals surface area contributed by atoms with E-state index in [9.17, 15) is 0 Å². The average molecular weight is 386 g/mol. The number of rotatable bonds is 4. The Kier molecular flexibility index (Phi) is 5.44. The van der Waals surface area contributed by atoms with Crippen molar-refractivity contribution in [1.29, 1.82) is 0 Å². The summed E-state index contributed by atoms with van der Waals surface area (Å²) in [5.41, 5.74) is 2.38. The lowest BCUT2D eigenvalue weighted by molar-refractivity contribution is 0.115. The van der Waals surface area contributed by atoms with Gasteiger partial charge in [0.1, 0.15) is 0 Å². The van der Waals surface area contributed by atoms with Crippen molar-refractivity contribution in [3.05, 3.63) is 65.2 Å². The highest BCUT2D eigenvalue weighted by Crippen LogP contribution is 2.36. The smallest absolute Gasteiger partial charge is 0.170 e. The van der Waals surface area contributed by atoms with E-state index in [1.807, 2.05) is 24.3 Å². The van der Waals surface area contributed by atoms with Gasteiger partial charge in [-0.25, -0.2) is 0 Å². The number of nitrogens with zero attached hydrogens (tertiary/aromatic N) is 1. The van der Waals surface area contributed by atoms with Gasteiger partial charge in [-0.1, -0.05) is 41.9 Å². The van der Waals surface area contributed by atoms with E-state index in [1.54, 1.807) is 0 Å². The summed E-state index contributed by atoms with van der Waals surface area (Å²) >= 11 is 11.4. The van der Waals surface area contributed by atoms with Crippen LogP contribution in [-0.4, -0.2) is 28.1 Å². The van der Waals surface area contributed by atoms with Crippen molar-refractivity contribution >= 4 is 34.6 Å². The van der Waals surface area contributed by atoms with Crippen molar-refractivity contribution in [3.8, 4) is 0 Å². The van der Waals surface area contributed by atoms with Crippen molar-refractivity contribution in [3.63, 3.8) is 0 Å². The third-order valence-corrected chi connectivity index (χ3v) is 6.00. The molecule has 0 aliphatic carbocycles. The Morgan fingerprint density at radius 1 is 1.00 bits per heavy atom. The van der Waals surface area contributed by atoms with Crippen molar-refractivity contribution in [2.24, 2.45) is 0 Å². The molecule has 2 aliphatic heterocycles. The van der Waals surface area contributed by atoms with E-state index >= 15 is 0 Å². The molecule has 2 N–H and O–H groups in total. The molecule has 0 unspecified atom stereocenters. The minimum atomic E-state index is 0.451. The minimum absolute atomic E-state index is 0.451. The molecule has 4 rings (SSSR count). The minimum Gasteiger partial charge on any atom is -0.360 e. The van der Waals surface area contributed by atoms with Gasteiger partial charge >= 0.3 is 0 Å². The third kappa shape index (κ3) is 4.20. The molecule has 5 heteroatoms. The number of thiocarbonyl (C=S) groups is 1. The normalized spacial score (nSPS) is 25.0. The van der Waals surface area contributed by atoms with Crippen LogP contribution in [0.2, 0.25) is 5.02 Å². The summed E-state index contributed by atoms with van der Waals surface area (Å²) in [5, 5.41) is 8.23. The van der Waals surface area contributed by atoms with Gasteiger partial charge in [0.05, 0.1) is 0 Å². The molecular formula is C21H24ClN3S. The second kappa shape index (κ2) is 7.95. The quantitative estimate of drug-likeness (QED) is 0.737. The molecule has 0 radical (unpaired) electrons. The molecule has 0 amide bonds. The number of fused-ring (bicyclic) bond motifs is 2. The molecule has 26 heavy (non-hydrogen) atoms. The van der Waals surface area contributed by atoms with Gasteiger partial charge in [0.15, 0.2) is 5.11 Å². The number of benzene rings is 2.